The first kappa shape index (κ1) is 16.3. The van der Waals surface area contributed by atoms with Gasteiger partial charge in [-0.25, -0.2) is 4.79 Å². The van der Waals surface area contributed by atoms with E-state index < -0.39 is 11.9 Å². The van der Waals surface area contributed by atoms with Crippen LogP contribution in [0.1, 0.15) is 33.9 Å². The lowest BCUT2D eigenvalue weighted by molar-refractivity contribution is 0.0529. The van der Waals surface area contributed by atoms with Gasteiger partial charge in [0.1, 0.15) is 15.4 Å². The molecule has 0 aromatic carbocycles. The summed E-state index contributed by atoms with van der Waals surface area (Å²) >= 11 is 1.04. The zero-order chi connectivity index (χ0) is 15.3. The zero-order valence-electron chi connectivity index (χ0n) is 11.7. The molecule has 1 aromatic heterocycles. The van der Waals surface area contributed by atoms with Gasteiger partial charge in [-0.15, -0.1) is 11.3 Å². The maximum atomic E-state index is 11.9. The summed E-state index contributed by atoms with van der Waals surface area (Å²) in [4.78, 5) is 23.4. The molecule has 1 rings (SSSR count). The van der Waals surface area contributed by atoms with Gasteiger partial charge in [0.05, 0.1) is 18.9 Å². The van der Waals surface area contributed by atoms with E-state index in [0.29, 0.717) is 11.6 Å². The first-order valence-electron chi connectivity index (χ1n) is 6.06. The van der Waals surface area contributed by atoms with Crippen molar-refractivity contribution < 1.29 is 19.1 Å². The molecule has 5 N–H and O–H groups in total. The molecule has 112 valence electrons. The quantitative estimate of drug-likeness (QED) is 0.648. The van der Waals surface area contributed by atoms with Crippen molar-refractivity contribution in [2.75, 3.05) is 31.4 Å². The van der Waals surface area contributed by atoms with Crippen LogP contribution in [-0.4, -0.2) is 38.2 Å². The number of carbonyl (C=O) groups is 2. The number of nitrogens with one attached hydrogen (secondary N) is 1. The second-order valence-corrected chi connectivity index (χ2v) is 5.16. The van der Waals surface area contributed by atoms with E-state index in [1.165, 1.54) is 0 Å². The number of methoxy groups -OCH3 is 1. The predicted molar refractivity (Wildman–Crippen MR) is 78.2 cm³/mol. The number of primary amides is 1. The second-order valence-electron chi connectivity index (χ2n) is 4.13. The average molecular weight is 301 g/mol. The molecule has 7 nitrogen and oxygen atoms in total. The van der Waals surface area contributed by atoms with E-state index >= 15 is 0 Å². The van der Waals surface area contributed by atoms with E-state index in [0.717, 1.165) is 11.3 Å². The Labute approximate surface area is 121 Å². The first-order chi connectivity index (χ1) is 9.42. The number of anilines is 2. The minimum atomic E-state index is -0.675. The number of carbonyl (C=O) groups excluding carboxylic acids is 2. The maximum Gasteiger partial charge on any atom is 0.343 e. The monoisotopic (exact) mass is 301 g/mol. The first-order valence-corrected chi connectivity index (χ1v) is 6.88. The smallest absolute Gasteiger partial charge is 0.343 e. The van der Waals surface area contributed by atoms with Crippen LogP contribution in [0.3, 0.4) is 0 Å². The van der Waals surface area contributed by atoms with Crippen LogP contribution >= 0.6 is 11.3 Å². The number of thiophene rings is 1. The molecule has 1 atom stereocenters. The maximum absolute atomic E-state index is 11.9. The van der Waals surface area contributed by atoms with E-state index in [1.54, 1.807) is 14.0 Å². The second kappa shape index (κ2) is 7.11. The fraction of sp³-hybridized carbons (Fsp3) is 0.500. The third-order valence-electron chi connectivity index (χ3n) is 2.44. The zero-order valence-corrected chi connectivity index (χ0v) is 12.5. The Morgan fingerprint density at radius 1 is 1.45 bits per heavy atom. The highest BCUT2D eigenvalue weighted by molar-refractivity contribution is 7.19. The predicted octanol–water partition coefficient (Wildman–Crippen LogP) is 1.05. The molecule has 1 heterocycles. The number of hydrogen-bond acceptors (Lipinski definition) is 7. The molecular formula is C12H19N3O4S. The molecule has 0 aliphatic rings. The number of rotatable bonds is 7. The molecule has 0 saturated carbocycles. The highest BCUT2D eigenvalue weighted by atomic mass is 32.1. The summed E-state index contributed by atoms with van der Waals surface area (Å²) in [6.45, 7) is 4.22. The molecule has 0 radical (unpaired) electrons. The van der Waals surface area contributed by atoms with Gasteiger partial charge in [-0.2, -0.15) is 0 Å². The molecule has 1 aromatic rings. The van der Waals surface area contributed by atoms with Gasteiger partial charge in [0.25, 0.3) is 5.91 Å². The van der Waals surface area contributed by atoms with Crippen molar-refractivity contribution in [1.82, 2.24) is 0 Å². The topological polar surface area (TPSA) is 117 Å². The highest BCUT2D eigenvalue weighted by Crippen LogP contribution is 2.36. The van der Waals surface area contributed by atoms with Gasteiger partial charge in [0, 0.05) is 13.2 Å². The lowest BCUT2D eigenvalue weighted by Gasteiger charge is -2.14. The van der Waals surface area contributed by atoms with Gasteiger partial charge < -0.3 is 26.3 Å². The van der Waals surface area contributed by atoms with Crippen LogP contribution in [0.4, 0.5) is 10.7 Å². The van der Waals surface area contributed by atoms with Crippen LogP contribution in [0.5, 0.6) is 0 Å². The van der Waals surface area contributed by atoms with Crippen LogP contribution < -0.4 is 16.8 Å². The van der Waals surface area contributed by atoms with Crippen molar-refractivity contribution in [2.45, 2.75) is 19.9 Å². The fourth-order valence-corrected chi connectivity index (χ4v) is 2.72. The molecule has 0 saturated heterocycles. The summed E-state index contributed by atoms with van der Waals surface area (Å²) in [7, 11) is 1.57. The fourth-order valence-electron chi connectivity index (χ4n) is 1.65. The number of amides is 1. The molecule has 0 aliphatic heterocycles. The summed E-state index contributed by atoms with van der Waals surface area (Å²) in [6, 6.07) is -0.0630. The van der Waals surface area contributed by atoms with Gasteiger partial charge in [0.2, 0.25) is 0 Å². The molecule has 0 fully saturated rings. The van der Waals surface area contributed by atoms with Crippen molar-refractivity contribution in [3.63, 3.8) is 0 Å². The van der Waals surface area contributed by atoms with E-state index in [9.17, 15) is 9.59 Å². The molecule has 1 unspecified atom stereocenters. The summed E-state index contributed by atoms with van der Waals surface area (Å²) in [5.41, 5.74) is 11.3. The largest absolute Gasteiger partial charge is 0.462 e. The number of nitrogens with two attached hydrogens (primary N) is 2. The Bertz CT molecular complexity index is 501. The van der Waals surface area contributed by atoms with E-state index in [-0.39, 0.29) is 28.8 Å². The van der Waals surface area contributed by atoms with Gasteiger partial charge >= 0.3 is 5.97 Å². The Morgan fingerprint density at radius 2 is 2.10 bits per heavy atom. The Balaban J connectivity index is 3.16. The lowest BCUT2D eigenvalue weighted by atomic mass is 10.2. The van der Waals surface area contributed by atoms with Crippen LogP contribution in [0.15, 0.2) is 0 Å². The van der Waals surface area contributed by atoms with E-state index in [4.69, 9.17) is 20.9 Å². The molecule has 0 bridgehead atoms. The lowest BCUT2D eigenvalue weighted by Crippen LogP contribution is -2.21. The number of nitrogen functional groups attached to an aromatic ring is 1. The third-order valence-corrected chi connectivity index (χ3v) is 3.59. The van der Waals surface area contributed by atoms with E-state index in [1.807, 2.05) is 6.92 Å². The molecule has 1 amide bonds. The summed E-state index contributed by atoms with van der Waals surface area (Å²) in [6.07, 6.45) is 0. The van der Waals surface area contributed by atoms with Crippen LogP contribution in [0.25, 0.3) is 0 Å². The highest BCUT2D eigenvalue weighted by Gasteiger charge is 2.26. The van der Waals surface area contributed by atoms with Crippen molar-refractivity contribution in [3.05, 3.63) is 10.4 Å². The average Bonchev–Trinajstić information content (AvgIpc) is 2.66. The number of hydrogen-bond donors (Lipinski definition) is 3. The van der Waals surface area contributed by atoms with Crippen LogP contribution in [-0.2, 0) is 9.47 Å². The summed E-state index contributed by atoms with van der Waals surface area (Å²) in [5.74, 6) is -1.26. The van der Waals surface area contributed by atoms with Crippen molar-refractivity contribution in [1.29, 1.82) is 0 Å². The number of esters is 1. The van der Waals surface area contributed by atoms with Crippen molar-refractivity contribution in [3.8, 4) is 0 Å². The third kappa shape index (κ3) is 3.61. The van der Waals surface area contributed by atoms with Gasteiger partial charge in [0.15, 0.2) is 0 Å². The standard InChI is InChI=1S/C12H19N3O4S/c1-4-19-12(17)7-8(13)9(10(14)16)20-11(7)15-6(2)5-18-3/h6,15H,4-5,13H2,1-3H3,(H2,14,16). The van der Waals surface area contributed by atoms with Crippen LogP contribution in [0.2, 0.25) is 0 Å². The SMILES string of the molecule is CCOC(=O)c1c(NC(C)COC)sc(C(N)=O)c1N. The Hall–Kier alpha value is -1.80. The molecule has 8 heteroatoms. The molecular weight excluding hydrogens is 282 g/mol. The summed E-state index contributed by atoms with van der Waals surface area (Å²) in [5, 5.41) is 3.53. The van der Waals surface area contributed by atoms with Gasteiger partial charge in [-0.1, -0.05) is 0 Å². The minimum absolute atomic E-state index is 0.0491. The number of ether oxygens (including phenoxy) is 2. The molecule has 20 heavy (non-hydrogen) atoms. The van der Waals surface area contributed by atoms with E-state index in [2.05, 4.69) is 5.32 Å². The minimum Gasteiger partial charge on any atom is -0.462 e. The Morgan fingerprint density at radius 3 is 2.60 bits per heavy atom. The van der Waals surface area contributed by atoms with Gasteiger partial charge in [-0.05, 0) is 13.8 Å². The molecule has 0 aliphatic carbocycles. The van der Waals surface area contributed by atoms with Crippen molar-refractivity contribution >= 4 is 33.9 Å². The summed E-state index contributed by atoms with van der Waals surface area (Å²) < 4.78 is 9.96. The van der Waals surface area contributed by atoms with Gasteiger partial charge in [-0.3, -0.25) is 4.79 Å². The normalized spacial score (nSPS) is 11.9. The Kier molecular flexibility index (Phi) is 5.78. The van der Waals surface area contributed by atoms with Crippen LogP contribution in [0, 0.1) is 0 Å². The molecule has 0 spiro atoms. The van der Waals surface area contributed by atoms with Crippen molar-refractivity contribution in [2.24, 2.45) is 5.73 Å².